The van der Waals surface area contributed by atoms with Gasteiger partial charge < -0.3 is 0 Å². The van der Waals surface area contributed by atoms with Gasteiger partial charge in [0, 0.05) is 5.03 Å². The molecule has 1 aliphatic rings. The lowest BCUT2D eigenvalue weighted by atomic mass is 10.0. The van der Waals surface area contributed by atoms with Gasteiger partial charge in [-0.3, -0.25) is 0 Å². The fraction of sp³-hybridized carbons (Fsp3) is 0.273. The highest BCUT2D eigenvalue weighted by molar-refractivity contribution is 6.45. The first-order chi connectivity index (χ1) is 5.79. The molecule has 0 fully saturated rings. The summed E-state index contributed by atoms with van der Waals surface area (Å²) in [5.74, 6) is 0. The molecule has 0 bridgehead atoms. The molecule has 0 N–H and O–H groups in total. The van der Waals surface area contributed by atoms with Crippen LogP contribution in [0.5, 0.6) is 0 Å². The molecule has 12 heavy (non-hydrogen) atoms. The first-order valence-electron chi connectivity index (χ1n) is 4.22. The third-order valence-corrected chi connectivity index (χ3v) is 2.79. The zero-order chi connectivity index (χ0) is 8.55. The van der Waals surface area contributed by atoms with Gasteiger partial charge >= 0.3 is 0 Å². The van der Waals surface area contributed by atoms with Crippen molar-refractivity contribution < 1.29 is 0 Å². The second-order valence-electron chi connectivity index (χ2n) is 3.23. The standard InChI is InChI=1S/C11H11Cl/c1-8-6-7-11(12)10-5-3-2-4-9(8)10/h2-5H,6-7H2,1H3. The summed E-state index contributed by atoms with van der Waals surface area (Å²) in [6.07, 6.45) is 2.11. The molecule has 0 saturated heterocycles. The van der Waals surface area contributed by atoms with E-state index in [0.29, 0.717) is 0 Å². The minimum absolute atomic E-state index is 1.00. The Balaban J connectivity index is 2.95. The number of halogens is 1. The maximum absolute atomic E-state index is 6.12. The predicted octanol–water partition coefficient (Wildman–Crippen LogP) is 2.00. The minimum Gasteiger partial charge on any atom is -0.0885 e. The third kappa shape index (κ3) is 1.16. The molecule has 0 nitrogen and oxygen atoms in total. The van der Waals surface area contributed by atoms with E-state index in [0.717, 1.165) is 17.9 Å². The van der Waals surface area contributed by atoms with E-state index < -0.39 is 0 Å². The molecular formula is C11H11Cl. The lowest BCUT2D eigenvalue weighted by Crippen LogP contribution is -2.29. The van der Waals surface area contributed by atoms with Gasteiger partial charge in [0.2, 0.25) is 0 Å². The Kier molecular flexibility index (Phi) is 1.93. The van der Waals surface area contributed by atoms with Gasteiger partial charge in [-0.25, -0.2) is 0 Å². The second-order valence-corrected chi connectivity index (χ2v) is 3.69. The zero-order valence-electron chi connectivity index (χ0n) is 7.10. The number of hydrogen-bond acceptors (Lipinski definition) is 0. The summed E-state index contributed by atoms with van der Waals surface area (Å²) in [4.78, 5) is 0. The highest BCUT2D eigenvalue weighted by atomic mass is 35.5. The van der Waals surface area contributed by atoms with E-state index in [4.69, 9.17) is 11.6 Å². The van der Waals surface area contributed by atoms with Crippen molar-refractivity contribution in [1.29, 1.82) is 0 Å². The third-order valence-electron chi connectivity index (χ3n) is 2.40. The van der Waals surface area contributed by atoms with Crippen molar-refractivity contribution in [2.75, 3.05) is 0 Å². The molecule has 0 aromatic heterocycles. The van der Waals surface area contributed by atoms with Gasteiger partial charge in [0.1, 0.15) is 0 Å². The van der Waals surface area contributed by atoms with Crippen LogP contribution in [0.4, 0.5) is 0 Å². The van der Waals surface area contributed by atoms with E-state index in [1.165, 1.54) is 16.0 Å². The van der Waals surface area contributed by atoms with Gasteiger partial charge in [0.05, 0.1) is 0 Å². The van der Waals surface area contributed by atoms with E-state index >= 15 is 0 Å². The van der Waals surface area contributed by atoms with Crippen LogP contribution < -0.4 is 10.4 Å². The second kappa shape index (κ2) is 2.95. The summed E-state index contributed by atoms with van der Waals surface area (Å²) in [5, 5.41) is 3.56. The van der Waals surface area contributed by atoms with Crippen LogP contribution in [0.3, 0.4) is 0 Å². The maximum atomic E-state index is 6.12. The molecule has 0 saturated carbocycles. The van der Waals surface area contributed by atoms with Gasteiger partial charge in [-0.1, -0.05) is 41.4 Å². The Morgan fingerprint density at radius 2 is 1.75 bits per heavy atom. The summed E-state index contributed by atoms with van der Waals surface area (Å²) < 4.78 is 0. The summed E-state index contributed by atoms with van der Waals surface area (Å²) in [5.41, 5.74) is 1.45. The molecule has 0 atom stereocenters. The van der Waals surface area contributed by atoms with Crippen molar-refractivity contribution in [2.45, 2.75) is 19.8 Å². The van der Waals surface area contributed by atoms with Gasteiger partial charge in [-0.15, -0.1) is 0 Å². The molecular weight excluding hydrogens is 168 g/mol. The van der Waals surface area contributed by atoms with Crippen LogP contribution >= 0.6 is 11.6 Å². The largest absolute Gasteiger partial charge is 0.0885 e. The Labute approximate surface area is 77.2 Å². The highest BCUT2D eigenvalue weighted by Gasteiger charge is 2.04. The Morgan fingerprint density at radius 3 is 2.42 bits per heavy atom. The molecule has 62 valence electrons. The van der Waals surface area contributed by atoms with Crippen molar-refractivity contribution in [3.05, 3.63) is 34.7 Å². The highest BCUT2D eigenvalue weighted by Crippen LogP contribution is 2.16. The van der Waals surface area contributed by atoms with Crippen molar-refractivity contribution >= 4 is 22.2 Å². The Hall–Kier alpha value is -0.750. The Bertz CT molecular complexity index is 374. The van der Waals surface area contributed by atoms with Gasteiger partial charge in [0.25, 0.3) is 0 Å². The van der Waals surface area contributed by atoms with Crippen molar-refractivity contribution in [1.82, 2.24) is 0 Å². The van der Waals surface area contributed by atoms with Crippen molar-refractivity contribution in [3.8, 4) is 0 Å². The molecule has 1 aromatic rings. The summed E-state index contributed by atoms with van der Waals surface area (Å²) in [7, 11) is 0. The average molecular weight is 179 g/mol. The Morgan fingerprint density at radius 1 is 1.08 bits per heavy atom. The predicted molar refractivity (Wildman–Crippen MR) is 53.3 cm³/mol. The van der Waals surface area contributed by atoms with Crippen LogP contribution in [0.1, 0.15) is 19.8 Å². The van der Waals surface area contributed by atoms with Crippen LogP contribution in [-0.4, -0.2) is 0 Å². The molecule has 0 unspecified atom stereocenters. The van der Waals surface area contributed by atoms with Crippen molar-refractivity contribution in [3.63, 3.8) is 0 Å². The monoisotopic (exact) mass is 178 g/mol. The van der Waals surface area contributed by atoms with Gasteiger partial charge in [-0.2, -0.15) is 0 Å². The first-order valence-corrected chi connectivity index (χ1v) is 4.60. The van der Waals surface area contributed by atoms with E-state index in [2.05, 4.69) is 25.1 Å². The van der Waals surface area contributed by atoms with Crippen LogP contribution in [0.15, 0.2) is 24.3 Å². The molecule has 1 heteroatoms. The lowest BCUT2D eigenvalue weighted by molar-refractivity contribution is 1.05. The number of benzene rings is 1. The van der Waals surface area contributed by atoms with E-state index in [1.807, 2.05) is 6.07 Å². The molecule has 0 spiro atoms. The average Bonchev–Trinajstić information content (AvgIpc) is 2.12. The summed E-state index contributed by atoms with van der Waals surface area (Å²) >= 11 is 6.12. The molecule has 0 heterocycles. The van der Waals surface area contributed by atoms with Gasteiger partial charge in [-0.05, 0) is 30.2 Å². The van der Waals surface area contributed by atoms with E-state index in [1.54, 1.807) is 0 Å². The van der Waals surface area contributed by atoms with Crippen LogP contribution in [0.25, 0.3) is 10.6 Å². The lowest BCUT2D eigenvalue weighted by Gasteiger charge is -2.08. The van der Waals surface area contributed by atoms with Crippen LogP contribution in [-0.2, 0) is 0 Å². The molecule has 0 radical (unpaired) electrons. The quantitative estimate of drug-likeness (QED) is 0.570. The van der Waals surface area contributed by atoms with Crippen LogP contribution in [0.2, 0.25) is 0 Å². The minimum atomic E-state index is 1.00. The van der Waals surface area contributed by atoms with Crippen LogP contribution in [0, 0.1) is 0 Å². The smallest absolute Gasteiger partial charge is 0.0262 e. The molecule has 1 aromatic carbocycles. The number of rotatable bonds is 0. The molecule has 1 aliphatic carbocycles. The van der Waals surface area contributed by atoms with Crippen molar-refractivity contribution in [2.24, 2.45) is 0 Å². The topological polar surface area (TPSA) is 0 Å². The molecule has 0 amide bonds. The molecule has 0 aliphatic heterocycles. The summed E-state index contributed by atoms with van der Waals surface area (Å²) in [6.45, 7) is 2.18. The fourth-order valence-corrected chi connectivity index (χ4v) is 1.92. The molecule has 2 rings (SSSR count). The number of fused-ring (bicyclic) bond motifs is 1. The maximum Gasteiger partial charge on any atom is 0.0262 e. The SMILES string of the molecule is CC1=c2ccccc2=C(Cl)CC1. The fourth-order valence-electron chi connectivity index (χ4n) is 1.66. The van der Waals surface area contributed by atoms with E-state index in [-0.39, 0.29) is 0 Å². The number of hydrogen-bond donors (Lipinski definition) is 0. The van der Waals surface area contributed by atoms with E-state index in [9.17, 15) is 0 Å². The zero-order valence-corrected chi connectivity index (χ0v) is 7.86. The normalized spacial score (nSPS) is 16.2. The first kappa shape index (κ1) is 7.88. The summed E-state index contributed by atoms with van der Waals surface area (Å²) in [6, 6.07) is 8.35. The van der Waals surface area contributed by atoms with Gasteiger partial charge in [0.15, 0.2) is 0 Å².